The number of hydrogen-bond donors (Lipinski definition) is 0. The van der Waals surface area contributed by atoms with Crippen LogP contribution < -0.4 is 0 Å². The molecule has 0 aliphatic carbocycles. The van der Waals surface area contributed by atoms with E-state index in [0.29, 0.717) is 5.56 Å². The second kappa shape index (κ2) is 7.71. The summed E-state index contributed by atoms with van der Waals surface area (Å²) in [6, 6.07) is 12.0. The molecule has 5 heteroatoms. The van der Waals surface area contributed by atoms with E-state index in [2.05, 4.69) is 30.0 Å². The van der Waals surface area contributed by atoms with Crippen LogP contribution in [0.3, 0.4) is 0 Å². The van der Waals surface area contributed by atoms with E-state index < -0.39 is 11.7 Å². The van der Waals surface area contributed by atoms with Gasteiger partial charge in [-0.1, -0.05) is 24.3 Å². The first-order valence-corrected chi connectivity index (χ1v) is 9.89. The summed E-state index contributed by atoms with van der Waals surface area (Å²) in [4.78, 5) is 2.34. The molecule has 0 fully saturated rings. The predicted molar refractivity (Wildman–Crippen MR) is 110 cm³/mol. The lowest BCUT2D eigenvalue weighted by Gasteiger charge is -2.26. The van der Waals surface area contributed by atoms with Crippen LogP contribution in [-0.4, -0.2) is 24.5 Å². The quantitative estimate of drug-likeness (QED) is 0.505. The van der Waals surface area contributed by atoms with Crippen molar-refractivity contribution >= 4 is 16.5 Å². The number of fused-ring (bicyclic) bond motifs is 1. The first kappa shape index (κ1) is 19.8. The number of nitrogens with zero attached hydrogens (tertiary/aromatic N) is 1. The lowest BCUT2D eigenvalue weighted by molar-refractivity contribution is -0.137. The zero-order valence-corrected chi connectivity index (χ0v) is 16.6. The largest absolute Gasteiger partial charge is 0.461 e. The van der Waals surface area contributed by atoms with Crippen molar-refractivity contribution < 1.29 is 17.6 Å². The van der Waals surface area contributed by atoms with Crippen LogP contribution in [0.5, 0.6) is 0 Å². The van der Waals surface area contributed by atoms with Crippen LogP contribution in [0.15, 0.2) is 53.0 Å². The summed E-state index contributed by atoms with van der Waals surface area (Å²) >= 11 is 0. The highest BCUT2D eigenvalue weighted by Crippen LogP contribution is 2.32. The molecule has 3 aromatic rings. The number of furan rings is 1. The van der Waals surface area contributed by atoms with Gasteiger partial charge >= 0.3 is 6.18 Å². The van der Waals surface area contributed by atoms with Crippen molar-refractivity contribution in [3.63, 3.8) is 0 Å². The number of aryl methyl sites for hydroxylation is 2. The van der Waals surface area contributed by atoms with Gasteiger partial charge in [-0.15, -0.1) is 0 Å². The molecule has 0 radical (unpaired) electrons. The van der Waals surface area contributed by atoms with Gasteiger partial charge in [0.25, 0.3) is 0 Å². The van der Waals surface area contributed by atoms with E-state index in [9.17, 15) is 13.2 Å². The van der Waals surface area contributed by atoms with Crippen molar-refractivity contribution in [2.24, 2.45) is 0 Å². The third-order valence-electron chi connectivity index (χ3n) is 5.81. The lowest BCUT2D eigenvalue weighted by Crippen LogP contribution is -2.30. The van der Waals surface area contributed by atoms with Gasteiger partial charge in [-0.25, -0.2) is 0 Å². The highest BCUT2D eigenvalue weighted by molar-refractivity contribution is 5.82. The number of hydrogen-bond acceptors (Lipinski definition) is 2. The van der Waals surface area contributed by atoms with Gasteiger partial charge in [0.15, 0.2) is 0 Å². The topological polar surface area (TPSA) is 16.4 Å². The van der Waals surface area contributed by atoms with Crippen LogP contribution in [0.1, 0.15) is 34.4 Å². The van der Waals surface area contributed by atoms with E-state index in [4.69, 9.17) is 4.42 Å². The van der Waals surface area contributed by atoms with Gasteiger partial charge in [-0.05, 0) is 73.2 Å². The van der Waals surface area contributed by atoms with Crippen molar-refractivity contribution in [3.05, 3.63) is 76.6 Å². The predicted octanol–water partition coefficient (Wildman–Crippen LogP) is 6.40. The lowest BCUT2D eigenvalue weighted by atomic mass is 9.97. The molecule has 0 atom stereocenters. The molecular weight excluding hydrogens is 375 g/mol. The summed E-state index contributed by atoms with van der Waals surface area (Å²) in [6.07, 6.45) is -0.539. The molecule has 0 saturated heterocycles. The summed E-state index contributed by atoms with van der Waals surface area (Å²) in [5.41, 5.74) is 4.48. The zero-order valence-electron chi connectivity index (χ0n) is 16.6. The van der Waals surface area contributed by atoms with Crippen LogP contribution in [-0.2, 0) is 12.6 Å². The maximum atomic E-state index is 12.9. The third kappa shape index (κ3) is 4.25. The molecule has 1 aliphatic rings. The Kier molecular flexibility index (Phi) is 5.26. The van der Waals surface area contributed by atoms with Crippen molar-refractivity contribution in [1.82, 2.24) is 4.90 Å². The molecule has 0 spiro atoms. The number of halogens is 3. The van der Waals surface area contributed by atoms with Gasteiger partial charge in [0, 0.05) is 25.0 Å². The number of alkyl halides is 3. The molecule has 4 rings (SSSR count). The van der Waals surface area contributed by atoms with Crippen molar-refractivity contribution in [2.45, 2.75) is 32.9 Å². The van der Waals surface area contributed by atoms with E-state index in [1.54, 1.807) is 6.07 Å². The number of rotatable bonds is 4. The Labute approximate surface area is 168 Å². The van der Waals surface area contributed by atoms with E-state index in [1.165, 1.54) is 28.6 Å². The summed E-state index contributed by atoms with van der Waals surface area (Å²) in [6.45, 7) is 6.60. The van der Waals surface area contributed by atoms with Gasteiger partial charge in [-0.3, -0.25) is 4.90 Å². The van der Waals surface area contributed by atoms with Crippen LogP contribution in [0.2, 0.25) is 0 Å². The molecule has 2 nitrogen and oxygen atoms in total. The number of benzene rings is 2. The molecule has 0 amide bonds. The highest BCUT2D eigenvalue weighted by Gasteiger charge is 2.30. The Morgan fingerprint density at radius 3 is 2.62 bits per heavy atom. The van der Waals surface area contributed by atoms with Gasteiger partial charge < -0.3 is 4.42 Å². The van der Waals surface area contributed by atoms with E-state index in [0.717, 1.165) is 55.5 Å². The molecule has 2 heterocycles. The molecule has 1 aromatic heterocycles. The maximum absolute atomic E-state index is 12.9. The molecule has 0 N–H and O–H groups in total. The molecule has 1 aliphatic heterocycles. The summed E-state index contributed by atoms with van der Waals surface area (Å²) in [5.74, 6) is 0.959. The summed E-state index contributed by atoms with van der Waals surface area (Å²) < 4.78 is 44.6. The fraction of sp³-hybridized carbons (Fsp3) is 0.333. The molecular formula is C24H24F3NO. The third-order valence-corrected chi connectivity index (χ3v) is 5.81. The minimum absolute atomic E-state index is 0.585. The Bertz CT molecular complexity index is 1060. The average Bonchev–Trinajstić information content (AvgIpc) is 3.00. The molecule has 0 bridgehead atoms. The molecule has 152 valence electrons. The van der Waals surface area contributed by atoms with Crippen molar-refractivity contribution in [2.75, 3.05) is 19.6 Å². The second-order valence-corrected chi connectivity index (χ2v) is 7.72. The Morgan fingerprint density at radius 1 is 1.07 bits per heavy atom. The normalized spacial score (nSPS) is 15.7. The smallest absolute Gasteiger partial charge is 0.416 e. The van der Waals surface area contributed by atoms with Gasteiger partial charge in [-0.2, -0.15) is 13.2 Å². The van der Waals surface area contributed by atoms with Crippen molar-refractivity contribution in [1.29, 1.82) is 0 Å². The van der Waals surface area contributed by atoms with Gasteiger partial charge in [0.05, 0.1) is 5.56 Å². The Balaban J connectivity index is 1.40. The van der Waals surface area contributed by atoms with Gasteiger partial charge in [0.2, 0.25) is 0 Å². The molecule has 0 saturated carbocycles. The van der Waals surface area contributed by atoms with Crippen molar-refractivity contribution in [3.8, 4) is 0 Å². The fourth-order valence-electron chi connectivity index (χ4n) is 3.90. The first-order valence-electron chi connectivity index (χ1n) is 9.89. The Morgan fingerprint density at radius 2 is 1.90 bits per heavy atom. The standard InChI is InChI=1S/C24H24F3NO/c1-16-17(2)29-23-7-6-18(14-22(16)23)8-11-28-12-9-19(10-13-28)20-4-3-5-21(15-20)24(25,26)27/h3-7,9,14-15H,8,10-13H2,1-2H3. The van der Waals surface area contributed by atoms with Crippen LogP contribution in [0.25, 0.3) is 16.5 Å². The van der Waals surface area contributed by atoms with Crippen LogP contribution in [0, 0.1) is 13.8 Å². The average molecular weight is 399 g/mol. The minimum Gasteiger partial charge on any atom is -0.461 e. The fourth-order valence-corrected chi connectivity index (χ4v) is 3.90. The Hall–Kier alpha value is -2.53. The summed E-state index contributed by atoms with van der Waals surface area (Å²) in [5, 5.41) is 1.17. The second-order valence-electron chi connectivity index (χ2n) is 7.72. The molecule has 2 aromatic carbocycles. The van der Waals surface area contributed by atoms with Crippen LogP contribution in [0.4, 0.5) is 13.2 Å². The molecule has 29 heavy (non-hydrogen) atoms. The van der Waals surface area contributed by atoms with Gasteiger partial charge in [0.1, 0.15) is 11.3 Å². The highest BCUT2D eigenvalue weighted by atomic mass is 19.4. The molecule has 0 unspecified atom stereocenters. The zero-order chi connectivity index (χ0) is 20.6. The van der Waals surface area contributed by atoms with Crippen LogP contribution >= 0.6 is 0 Å². The van der Waals surface area contributed by atoms with E-state index >= 15 is 0 Å². The van der Waals surface area contributed by atoms with E-state index in [1.807, 2.05) is 13.0 Å². The first-order chi connectivity index (χ1) is 13.8. The van der Waals surface area contributed by atoms with E-state index in [-0.39, 0.29) is 0 Å². The monoisotopic (exact) mass is 399 g/mol. The SMILES string of the molecule is Cc1oc2ccc(CCN3CC=C(c4cccc(C(F)(F)F)c4)CC3)cc2c1C. The maximum Gasteiger partial charge on any atom is 0.416 e. The minimum atomic E-state index is -4.30. The summed E-state index contributed by atoms with van der Waals surface area (Å²) in [7, 11) is 0.